The maximum Gasteiger partial charge on any atom is 0.239 e. The van der Waals surface area contributed by atoms with Gasteiger partial charge in [0.1, 0.15) is 11.6 Å². The van der Waals surface area contributed by atoms with Crippen LogP contribution in [0.15, 0.2) is 36.5 Å². The normalized spacial score (nSPS) is 17.8. The fourth-order valence-electron chi connectivity index (χ4n) is 4.94. The molecule has 4 rings (SSSR count). The van der Waals surface area contributed by atoms with Crippen LogP contribution < -0.4 is 10.5 Å². The molecule has 0 spiro atoms. The molecule has 2 aromatic rings. The van der Waals surface area contributed by atoms with Crippen LogP contribution in [-0.4, -0.2) is 71.8 Å². The average molecular weight is 511 g/mol. The number of piperidine rings is 1. The Hall–Kier alpha value is -2.84. The van der Waals surface area contributed by atoms with Crippen molar-refractivity contribution in [3.63, 3.8) is 0 Å². The minimum atomic E-state index is -0.730. The number of aromatic nitrogens is 1. The van der Waals surface area contributed by atoms with Crippen LogP contribution in [0.5, 0.6) is 5.88 Å². The van der Waals surface area contributed by atoms with Crippen molar-refractivity contribution < 1.29 is 18.7 Å². The highest BCUT2D eigenvalue weighted by molar-refractivity contribution is 5.82. The van der Waals surface area contributed by atoms with Gasteiger partial charge >= 0.3 is 0 Å². The number of amides is 1. The minimum absolute atomic E-state index is 0.0816. The predicted octanol–water partition coefficient (Wildman–Crippen LogP) is 3.70. The zero-order valence-corrected chi connectivity index (χ0v) is 22.0. The first-order valence-corrected chi connectivity index (χ1v) is 13.5. The number of carbonyl (C=O) groups excluding carboxylic acids is 2. The number of benzene rings is 1. The van der Waals surface area contributed by atoms with Gasteiger partial charge in [-0.2, -0.15) is 0 Å². The lowest BCUT2D eigenvalue weighted by molar-refractivity contribution is -0.131. The summed E-state index contributed by atoms with van der Waals surface area (Å²) in [7, 11) is 0. The molecule has 2 saturated heterocycles. The van der Waals surface area contributed by atoms with Crippen molar-refractivity contribution in [1.29, 1.82) is 0 Å². The number of carbonyl (C=O) groups is 2. The van der Waals surface area contributed by atoms with Gasteiger partial charge in [0.15, 0.2) is 0 Å². The summed E-state index contributed by atoms with van der Waals surface area (Å²) in [5.41, 5.74) is 8.03. The Kier molecular flexibility index (Phi) is 9.27. The zero-order valence-electron chi connectivity index (χ0n) is 22.0. The molecule has 1 unspecified atom stereocenters. The van der Waals surface area contributed by atoms with Crippen LogP contribution in [0, 0.1) is 17.7 Å². The Balaban J connectivity index is 1.25. The molecule has 0 saturated carbocycles. The number of nitrogens with zero attached hydrogens (tertiary/aromatic N) is 3. The van der Waals surface area contributed by atoms with E-state index < -0.39 is 6.04 Å². The van der Waals surface area contributed by atoms with Crippen LogP contribution >= 0.6 is 0 Å². The molecule has 1 atom stereocenters. The number of hydrogen-bond donors (Lipinski definition) is 1. The Morgan fingerprint density at radius 1 is 1.08 bits per heavy atom. The van der Waals surface area contributed by atoms with Gasteiger partial charge in [-0.15, -0.1) is 0 Å². The highest BCUT2D eigenvalue weighted by Gasteiger charge is 2.25. The third kappa shape index (κ3) is 7.36. The van der Waals surface area contributed by atoms with Crippen molar-refractivity contribution in [2.24, 2.45) is 17.6 Å². The van der Waals surface area contributed by atoms with E-state index in [2.05, 4.69) is 9.88 Å². The van der Waals surface area contributed by atoms with Crippen LogP contribution in [0.25, 0.3) is 11.1 Å². The molecule has 0 radical (unpaired) electrons. The summed E-state index contributed by atoms with van der Waals surface area (Å²) in [6.45, 7) is 8.33. The number of ether oxygens (including phenoxy) is 1. The summed E-state index contributed by atoms with van der Waals surface area (Å²) < 4.78 is 20.8. The summed E-state index contributed by atoms with van der Waals surface area (Å²) in [4.78, 5) is 32.8. The number of hydrogen-bond acceptors (Lipinski definition) is 6. The van der Waals surface area contributed by atoms with Crippen molar-refractivity contribution in [2.45, 2.75) is 52.0 Å². The first kappa shape index (κ1) is 27.2. The molecule has 2 fully saturated rings. The molecule has 2 N–H and O–H groups in total. The van der Waals surface area contributed by atoms with Gasteiger partial charge in [-0.1, -0.05) is 26.0 Å². The van der Waals surface area contributed by atoms with Crippen LogP contribution in [0.4, 0.5) is 4.39 Å². The highest BCUT2D eigenvalue weighted by Crippen LogP contribution is 2.25. The van der Waals surface area contributed by atoms with Crippen molar-refractivity contribution >= 4 is 11.7 Å². The van der Waals surface area contributed by atoms with Gasteiger partial charge in [-0.25, -0.2) is 9.37 Å². The summed E-state index contributed by atoms with van der Waals surface area (Å²) in [5, 5.41) is 0. The van der Waals surface area contributed by atoms with E-state index in [1.807, 2.05) is 32.0 Å². The van der Waals surface area contributed by atoms with Crippen molar-refractivity contribution in [2.75, 3.05) is 39.3 Å². The quantitative estimate of drug-likeness (QED) is 0.524. The maximum absolute atomic E-state index is 14.8. The molecule has 0 aliphatic carbocycles. The van der Waals surface area contributed by atoms with E-state index in [1.54, 1.807) is 17.2 Å². The Bertz CT molecular complexity index is 1060. The first-order chi connectivity index (χ1) is 17.8. The van der Waals surface area contributed by atoms with E-state index in [1.165, 1.54) is 6.07 Å². The maximum atomic E-state index is 14.8. The smallest absolute Gasteiger partial charge is 0.239 e. The minimum Gasteiger partial charge on any atom is -0.477 e. The molecule has 7 nitrogen and oxygen atoms in total. The van der Waals surface area contributed by atoms with Gasteiger partial charge in [0.05, 0.1) is 19.2 Å². The lowest BCUT2D eigenvalue weighted by atomic mass is 9.97. The third-order valence-corrected chi connectivity index (χ3v) is 7.49. The van der Waals surface area contributed by atoms with E-state index in [-0.39, 0.29) is 24.1 Å². The summed E-state index contributed by atoms with van der Waals surface area (Å²) >= 11 is 0. The SMILES string of the molecule is CC(C)C(=O)CN1CCC(COc2ccc(-c3ccc(CC(N)C(=O)N4CCCC4)c(F)c3)cn2)CC1. The number of likely N-dealkylation sites (tertiary alicyclic amines) is 2. The number of rotatable bonds is 10. The Morgan fingerprint density at radius 2 is 1.78 bits per heavy atom. The van der Waals surface area contributed by atoms with Crippen molar-refractivity contribution in [3.05, 3.63) is 47.9 Å². The second kappa shape index (κ2) is 12.6. The topological polar surface area (TPSA) is 88.8 Å². The van der Waals surface area contributed by atoms with E-state index in [9.17, 15) is 14.0 Å². The molecule has 2 aliphatic rings. The highest BCUT2D eigenvalue weighted by atomic mass is 19.1. The molecule has 0 bridgehead atoms. The standard InChI is InChI=1S/C29H39FN4O3/c1-20(2)27(35)18-33-13-9-21(10-14-33)19-37-28-8-7-24(17-32-28)22-5-6-23(25(30)15-22)16-26(31)29(36)34-11-3-4-12-34/h5-8,15,17,20-21,26H,3-4,9-14,16,18-19,31H2,1-2H3. The molecule has 1 aromatic heterocycles. The summed E-state index contributed by atoms with van der Waals surface area (Å²) in [5.74, 6) is 0.890. The lowest BCUT2D eigenvalue weighted by Crippen LogP contribution is -2.43. The number of nitrogens with two attached hydrogens (primary N) is 1. The van der Waals surface area contributed by atoms with Gasteiger partial charge < -0.3 is 15.4 Å². The fourth-order valence-corrected chi connectivity index (χ4v) is 4.94. The van der Waals surface area contributed by atoms with E-state index >= 15 is 0 Å². The van der Waals surface area contributed by atoms with Crippen LogP contribution in [0.2, 0.25) is 0 Å². The van der Waals surface area contributed by atoms with Gasteiger partial charge in [0, 0.05) is 36.8 Å². The molecule has 200 valence electrons. The Morgan fingerprint density at radius 3 is 2.41 bits per heavy atom. The van der Waals surface area contributed by atoms with Crippen LogP contribution in [-0.2, 0) is 16.0 Å². The molecule has 3 heterocycles. The van der Waals surface area contributed by atoms with Gasteiger partial charge in [0.25, 0.3) is 0 Å². The summed E-state index contributed by atoms with van der Waals surface area (Å²) in [6, 6.07) is 7.96. The molecular weight excluding hydrogens is 471 g/mol. The van der Waals surface area contributed by atoms with Crippen LogP contribution in [0.3, 0.4) is 0 Å². The number of halogens is 1. The van der Waals surface area contributed by atoms with Gasteiger partial charge in [-0.3, -0.25) is 14.5 Å². The van der Waals surface area contributed by atoms with Gasteiger partial charge in [0.2, 0.25) is 11.8 Å². The first-order valence-electron chi connectivity index (χ1n) is 13.5. The molecule has 2 aliphatic heterocycles. The van der Waals surface area contributed by atoms with E-state index in [0.29, 0.717) is 41.9 Å². The van der Waals surface area contributed by atoms with Crippen molar-refractivity contribution in [1.82, 2.24) is 14.8 Å². The van der Waals surface area contributed by atoms with E-state index in [0.717, 1.165) is 57.4 Å². The number of ketones is 1. The summed E-state index contributed by atoms with van der Waals surface area (Å²) in [6.07, 6.45) is 5.87. The monoisotopic (exact) mass is 510 g/mol. The molecule has 1 amide bonds. The zero-order chi connectivity index (χ0) is 26.4. The van der Waals surface area contributed by atoms with Crippen molar-refractivity contribution in [3.8, 4) is 17.0 Å². The Labute approximate surface area is 219 Å². The van der Waals surface area contributed by atoms with Crippen LogP contribution in [0.1, 0.15) is 45.1 Å². The molecule has 1 aromatic carbocycles. The third-order valence-electron chi connectivity index (χ3n) is 7.49. The molecular formula is C29H39FN4O3. The largest absolute Gasteiger partial charge is 0.477 e. The lowest BCUT2D eigenvalue weighted by Gasteiger charge is -2.31. The molecule has 8 heteroatoms. The second-order valence-corrected chi connectivity index (χ2v) is 10.7. The predicted molar refractivity (Wildman–Crippen MR) is 142 cm³/mol. The van der Waals surface area contributed by atoms with E-state index in [4.69, 9.17) is 10.5 Å². The second-order valence-electron chi connectivity index (χ2n) is 10.7. The fraction of sp³-hybridized carbons (Fsp3) is 0.552. The van der Waals surface area contributed by atoms with Gasteiger partial charge in [-0.05, 0) is 74.4 Å². The number of pyridine rings is 1. The average Bonchev–Trinajstić information content (AvgIpc) is 3.44. The molecule has 37 heavy (non-hydrogen) atoms. The number of Topliss-reactive ketones (excluding diaryl/α,β-unsaturated/α-hetero) is 1.